The molecule has 0 bridgehead atoms. The van der Waals surface area contributed by atoms with Gasteiger partial charge < -0.3 is 0 Å². The Morgan fingerprint density at radius 3 is 2.44 bits per heavy atom. The van der Waals surface area contributed by atoms with E-state index < -0.39 is 60.5 Å². The number of pyridine rings is 1. The first-order chi connectivity index (χ1) is 15.2. The topological polar surface area (TPSA) is 118 Å². The second kappa shape index (κ2) is 10.2. The molecule has 1 unspecified atom stereocenters. The van der Waals surface area contributed by atoms with Gasteiger partial charge in [-0.2, -0.15) is 0 Å². The number of carbonyl (C=O) groups is 4. The van der Waals surface area contributed by atoms with Crippen molar-refractivity contribution in [3.8, 4) is 0 Å². The predicted octanol–water partition coefficient (Wildman–Crippen LogP) is 2.85. The molecule has 8 nitrogen and oxygen atoms in total. The van der Waals surface area contributed by atoms with Crippen LogP contribution in [0.4, 0.5) is 4.39 Å². The molecule has 1 amide bonds. The number of amides is 1. The zero-order valence-corrected chi connectivity index (χ0v) is 19.7. The van der Waals surface area contributed by atoms with Gasteiger partial charge in [0.25, 0.3) is 0 Å². The molecule has 0 radical (unpaired) electrons. The van der Waals surface area contributed by atoms with E-state index >= 15 is 0 Å². The van der Waals surface area contributed by atoms with E-state index in [-0.39, 0.29) is 12.3 Å². The van der Waals surface area contributed by atoms with Gasteiger partial charge in [0.2, 0.25) is 0 Å². The van der Waals surface area contributed by atoms with Crippen LogP contribution >= 0.6 is 19.8 Å². The van der Waals surface area contributed by atoms with Crippen molar-refractivity contribution in [3.63, 3.8) is 0 Å². The monoisotopic (exact) mass is 555 g/mol. The van der Waals surface area contributed by atoms with Crippen LogP contribution in [-0.2, 0) is 14.4 Å². The number of fused-ring (bicyclic) bond motifs is 3. The van der Waals surface area contributed by atoms with Gasteiger partial charge in [-0.25, -0.2) is 0 Å². The van der Waals surface area contributed by atoms with Crippen LogP contribution in [-0.4, -0.2) is 64.7 Å². The van der Waals surface area contributed by atoms with Gasteiger partial charge in [-0.1, -0.05) is 0 Å². The van der Waals surface area contributed by atoms with Crippen LogP contribution in [0, 0.1) is 0 Å². The average Bonchev–Trinajstić information content (AvgIpc) is 3.10. The Hall–Kier alpha value is -2.89. The van der Waals surface area contributed by atoms with Crippen molar-refractivity contribution in [2.24, 2.45) is 0 Å². The van der Waals surface area contributed by atoms with Crippen molar-refractivity contribution < 1.29 is 28.7 Å². The van der Waals surface area contributed by atoms with Gasteiger partial charge in [0.1, 0.15) is 0 Å². The van der Waals surface area contributed by atoms with Crippen LogP contribution in [0.15, 0.2) is 42.7 Å². The normalized spacial score (nSPS) is 13.5. The molecule has 0 aliphatic heterocycles. The number of hydrogen-bond acceptors (Lipinski definition) is 5. The zero-order chi connectivity index (χ0) is 23.4. The molecule has 3 rings (SSSR count). The first kappa shape index (κ1) is 23.8. The third-order valence-electron chi connectivity index (χ3n) is 5.10. The molecule has 0 fully saturated rings. The second-order valence-corrected chi connectivity index (χ2v) is 13.5. The number of alkyl halides is 4. The molecular weight excluding hydrogens is 532 g/mol. The first-order valence-corrected chi connectivity index (χ1v) is 15.3. The summed E-state index contributed by atoms with van der Waals surface area (Å²) >= 11 is -1.96. The number of halogens is 2. The van der Waals surface area contributed by atoms with E-state index in [4.69, 9.17) is 5.11 Å². The Morgan fingerprint density at radius 1 is 1.09 bits per heavy atom. The molecule has 2 N–H and O–H groups in total. The summed E-state index contributed by atoms with van der Waals surface area (Å²) in [6.45, 7) is -1.38. The number of carbonyl (C=O) groups excluding carboxylic acids is 3. The number of hydrogen-bond donors (Lipinski definition) is 2. The van der Waals surface area contributed by atoms with E-state index in [1.165, 1.54) is 0 Å². The van der Waals surface area contributed by atoms with Gasteiger partial charge in [0, 0.05) is 0 Å². The van der Waals surface area contributed by atoms with Crippen molar-refractivity contribution in [1.82, 2.24) is 14.9 Å². The van der Waals surface area contributed by atoms with Crippen LogP contribution in [0.2, 0.25) is 0 Å². The number of nitrogens with one attached hydrogen (secondary N) is 1. The Morgan fingerprint density at radius 2 is 1.78 bits per heavy atom. The summed E-state index contributed by atoms with van der Waals surface area (Å²) in [5, 5.41) is 13.0. The number of ketones is 1. The molecule has 0 saturated carbocycles. The Balaban J connectivity index is 1.91. The number of rotatable bonds is 9. The van der Waals surface area contributed by atoms with Crippen LogP contribution in [0.5, 0.6) is 0 Å². The Kier molecular flexibility index (Phi) is 7.54. The van der Waals surface area contributed by atoms with Gasteiger partial charge in [0.05, 0.1) is 0 Å². The van der Waals surface area contributed by atoms with Crippen molar-refractivity contribution in [3.05, 3.63) is 42.7 Å². The fourth-order valence-electron chi connectivity index (χ4n) is 3.55. The van der Waals surface area contributed by atoms with E-state index in [2.05, 4.69) is 10.3 Å². The number of carboxylic acids is 1. The SMILES string of the molecule is CI(C)[C@H](CC(=O)n1c2ccccc2c2cnccc21)C(=O)NC(CC(=O)O)C(=O)CF. The summed E-state index contributed by atoms with van der Waals surface area (Å²) in [6.07, 6.45) is 2.45. The van der Waals surface area contributed by atoms with E-state index in [0.29, 0.717) is 11.0 Å². The Labute approximate surface area is 190 Å². The maximum atomic E-state index is 13.4. The van der Waals surface area contributed by atoms with Gasteiger partial charge in [-0.3, -0.25) is 0 Å². The maximum absolute atomic E-state index is 13.4. The first-order valence-electron chi connectivity index (χ1n) is 9.70. The number of benzene rings is 1. The molecule has 10 heteroatoms. The van der Waals surface area contributed by atoms with Crippen LogP contribution in [0.25, 0.3) is 21.8 Å². The van der Waals surface area contributed by atoms with E-state index in [1.54, 1.807) is 23.0 Å². The van der Waals surface area contributed by atoms with Crippen molar-refractivity contribution in [2.75, 3.05) is 16.5 Å². The number of nitrogens with zero attached hydrogens (tertiary/aromatic N) is 2. The van der Waals surface area contributed by atoms with E-state index in [1.807, 2.05) is 34.1 Å². The summed E-state index contributed by atoms with van der Waals surface area (Å²) in [5.41, 5.74) is 1.37. The number of para-hydroxylation sites is 1. The second-order valence-electron chi connectivity index (χ2n) is 7.38. The molecule has 2 aromatic heterocycles. The molecule has 170 valence electrons. The van der Waals surface area contributed by atoms with Crippen molar-refractivity contribution in [2.45, 2.75) is 22.8 Å². The fraction of sp³-hybridized carbons (Fsp3) is 0.318. The van der Waals surface area contributed by atoms with Gasteiger partial charge >= 0.3 is 191 Å². The molecule has 0 saturated heterocycles. The van der Waals surface area contributed by atoms with Crippen LogP contribution < -0.4 is 5.32 Å². The van der Waals surface area contributed by atoms with Gasteiger partial charge in [-0.15, -0.1) is 0 Å². The zero-order valence-electron chi connectivity index (χ0n) is 17.5. The molecule has 0 aliphatic carbocycles. The van der Waals surface area contributed by atoms with Crippen molar-refractivity contribution >= 4 is 65.2 Å². The summed E-state index contributed by atoms with van der Waals surface area (Å²) in [6, 6.07) is 7.67. The molecular formula is C22H23FIN3O5. The Bertz CT molecular complexity index is 1140. The third kappa shape index (κ3) is 4.95. The molecule has 32 heavy (non-hydrogen) atoms. The summed E-state index contributed by atoms with van der Waals surface area (Å²) in [5.74, 6) is -3.22. The summed E-state index contributed by atoms with van der Waals surface area (Å²) in [4.78, 5) is 57.0. The summed E-state index contributed by atoms with van der Waals surface area (Å²) < 4.78 is 13.7. The van der Waals surface area contributed by atoms with Gasteiger partial charge in [0.15, 0.2) is 0 Å². The number of carboxylic acid groups (broad SMARTS) is 1. The number of aromatic nitrogens is 2. The fourth-order valence-corrected chi connectivity index (χ4v) is 6.12. The predicted molar refractivity (Wildman–Crippen MR) is 127 cm³/mol. The molecule has 2 heterocycles. The average molecular weight is 555 g/mol. The quantitative estimate of drug-likeness (QED) is 0.310. The number of aliphatic carboxylic acids is 1. The molecule has 0 spiro atoms. The van der Waals surface area contributed by atoms with E-state index in [9.17, 15) is 23.6 Å². The standard InChI is InChI=1S/C22H23FIN3O5/c1-24(2)15(22(32)26-16(10-21(30)31)19(28)11-23)9-20(29)27-17-6-4-3-5-13(17)14-12-25-8-7-18(14)27/h3-8,12,15-16H,9-11H2,1-2H3,(H,26,32)(H,30,31)/t15-,16?/m1/s1. The summed E-state index contributed by atoms with van der Waals surface area (Å²) in [7, 11) is 0. The van der Waals surface area contributed by atoms with Crippen LogP contribution in [0.1, 0.15) is 17.6 Å². The van der Waals surface area contributed by atoms with Gasteiger partial charge in [-0.05, 0) is 0 Å². The molecule has 3 aromatic rings. The number of Topliss-reactive ketones (excluding diaryl/α,β-unsaturated/α-hetero) is 1. The van der Waals surface area contributed by atoms with Crippen molar-refractivity contribution in [1.29, 1.82) is 0 Å². The van der Waals surface area contributed by atoms with Crippen LogP contribution in [0.3, 0.4) is 0 Å². The molecule has 1 aromatic carbocycles. The molecule has 0 aliphatic rings. The minimum absolute atomic E-state index is 0.108. The minimum atomic E-state index is -1.96. The molecule has 2 atom stereocenters. The van der Waals surface area contributed by atoms with E-state index in [0.717, 1.165) is 10.8 Å². The third-order valence-corrected chi connectivity index (χ3v) is 9.12.